The number of hydrogen-bond acceptors (Lipinski definition) is 6. The number of benzene rings is 2. The number of anilines is 1. The van der Waals surface area contributed by atoms with Gasteiger partial charge in [-0.05, 0) is 36.4 Å². The Morgan fingerprint density at radius 2 is 2.04 bits per heavy atom. The summed E-state index contributed by atoms with van der Waals surface area (Å²) < 4.78 is 11.2. The van der Waals surface area contributed by atoms with E-state index < -0.39 is 0 Å². The van der Waals surface area contributed by atoms with E-state index >= 15 is 0 Å². The van der Waals surface area contributed by atoms with Gasteiger partial charge in [0.15, 0.2) is 17.5 Å². The molecule has 4 rings (SSSR count). The number of hydrogen-bond donors (Lipinski definition) is 1. The fraction of sp³-hybridized carbons (Fsp3) is 0.0500. The highest BCUT2D eigenvalue weighted by atomic mass is 32.1. The number of nitriles is 1. The minimum atomic E-state index is -0.315. The van der Waals surface area contributed by atoms with Crippen LogP contribution in [0, 0.1) is 11.3 Å². The highest BCUT2D eigenvalue weighted by Crippen LogP contribution is 2.30. The Kier molecular flexibility index (Phi) is 4.56. The van der Waals surface area contributed by atoms with Crippen molar-refractivity contribution in [3.63, 3.8) is 0 Å². The van der Waals surface area contributed by atoms with Crippen LogP contribution in [0.15, 0.2) is 64.4 Å². The van der Waals surface area contributed by atoms with Crippen LogP contribution in [0.25, 0.3) is 22.4 Å². The van der Waals surface area contributed by atoms with E-state index in [0.717, 1.165) is 11.0 Å². The first-order valence-electron chi connectivity index (χ1n) is 8.08. The van der Waals surface area contributed by atoms with Crippen LogP contribution in [-0.4, -0.2) is 17.5 Å². The van der Waals surface area contributed by atoms with Crippen LogP contribution in [0.2, 0.25) is 0 Å². The smallest absolute Gasteiger partial charge is 0.264 e. The van der Waals surface area contributed by atoms with Crippen molar-refractivity contribution in [2.24, 2.45) is 0 Å². The van der Waals surface area contributed by atoms with Crippen molar-refractivity contribution in [1.82, 2.24) is 4.98 Å². The molecule has 0 saturated carbocycles. The van der Waals surface area contributed by atoms with Crippen molar-refractivity contribution < 1.29 is 13.9 Å². The van der Waals surface area contributed by atoms with E-state index in [1.54, 1.807) is 24.3 Å². The highest BCUT2D eigenvalue weighted by molar-refractivity contribution is 7.14. The lowest BCUT2D eigenvalue weighted by atomic mass is 10.2. The second kappa shape index (κ2) is 7.32. The van der Waals surface area contributed by atoms with Crippen molar-refractivity contribution in [2.75, 3.05) is 11.9 Å². The van der Waals surface area contributed by atoms with E-state index in [-0.39, 0.29) is 12.5 Å². The van der Waals surface area contributed by atoms with Crippen LogP contribution < -0.4 is 10.1 Å². The number of nitrogens with zero attached hydrogens (tertiary/aromatic N) is 2. The number of fused-ring (bicyclic) bond motifs is 1. The second-order valence-corrected chi connectivity index (χ2v) is 6.52. The maximum Gasteiger partial charge on any atom is 0.264 e. The first-order chi connectivity index (χ1) is 13.2. The Hall–Kier alpha value is -3.63. The second-order valence-electron chi connectivity index (χ2n) is 5.66. The van der Waals surface area contributed by atoms with Gasteiger partial charge in [-0.1, -0.05) is 18.2 Å². The van der Waals surface area contributed by atoms with Crippen molar-refractivity contribution in [1.29, 1.82) is 5.26 Å². The number of rotatable bonds is 5. The number of furan rings is 1. The molecule has 0 aliphatic rings. The normalized spacial score (nSPS) is 10.5. The summed E-state index contributed by atoms with van der Waals surface area (Å²) in [5.41, 5.74) is 1.99. The Morgan fingerprint density at radius 1 is 1.22 bits per heavy atom. The Morgan fingerprint density at radius 3 is 2.81 bits per heavy atom. The van der Waals surface area contributed by atoms with Gasteiger partial charge in [0.1, 0.15) is 17.0 Å². The maximum atomic E-state index is 12.1. The van der Waals surface area contributed by atoms with Crippen LogP contribution in [0.1, 0.15) is 5.56 Å². The zero-order valence-electron chi connectivity index (χ0n) is 14.0. The van der Waals surface area contributed by atoms with Gasteiger partial charge in [-0.3, -0.25) is 10.1 Å². The molecule has 6 nitrogen and oxygen atoms in total. The summed E-state index contributed by atoms with van der Waals surface area (Å²) >= 11 is 1.31. The summed E-state index contributed by atoms with van der Waals surface area (Å²) in [7, 11) is 0. The zero-order valence-corrected chi connectivity index (χ0v) is 14.8. The highest BCUT2D eigenvalue weighted by Gasteiger charge is 2.12. The van der Waals surface area contributed by atoms with E-state index in [0.29, 0.717) is 27.9 Å². The topological polar surface area (TPSA) is 88.1 Å². The first-order valence-corrected chi connectivity index (χ1v) is 8.96. The molecule has 2 aromatic carbocycles. The molecule has 0 aliphatic carbocycles. The van der Waals surface area contributed by atoms with Crippen LogP contribution in [0.3, 0.4) is 0 Å². The third kappa shape index (κ3) is 3.81. The first kappa shape index (κ1) is 16.8. The summed E-state index contributed by atoms with van der Waals surface area (Å²) in [6.07, 6.45) is 0. The molecule has 27 heavy (non-hydrogen) atoms. The summed E-state index contributed by atoms with van der Waals surface area (Å²) in [6.45, 7) is -0.147. The molecule has 1 amide bonds. The molecule has 0 radical (unpaired) electrons. The molecule has 2 heterocycles. The van der Waals surface area contributed by atoms with Gasteiger partial charge in [-0.2, -0.15) is 5.26 Å². The van der Waals surface area contributed by atoms with Gasteiger partial charge in [0.05, 0.1) is 11.6 Å². The van der Waals surface area contributed by atoms with E-state index in [1.165, 1.54) is 11.3 Å². The van der Waals surface area contributed by atoms with Crippen LogP contribution in [-0.2, 0) is 4.79 Å². The fourth-order valence-electron chi connectivity index (χ4n) is 2.48. The van der Waals surface area contributed by atoms with Gasteiger partial charge in [0.25, 0.3) is 5.91 Å². The molecule has 0 atom stereocenters. The molecule has 2 aromatic heterocycles. The van der Waals surface area contributed by atoms with Crippen LogP contribution in [0.5, 0.6) is 5.75 Å². The van der Waals surface area contributed by atoms with Gasteiger partial charge in [0, 0.05) is 10.8 Å². The average Bonchev–Trinajstić information content (AvgIpc) is 3.33. The molecule has 0 bridgehead atoms. The monoisotopic (exact) mass is 375 g/mol. The van der Waals surface area contributed by atoms with Crippen molar-refractivity contribution in [3.8, 4) is 23.3 Å². The number of aromatic nitrogens is 1. The lowest BCUT2D eigenvalue weighted by molar-refractivity contribution is -0.118. The molecule has 7 heteroatoms. The SMILES string of the molecule is N#Cc1ccc(OCC(=O)Nc2nc(-c3cc4ccccc4o3)cs2)cc1. The summed E-state index contributed by atoms with van der Waals surface area (Å²) in [5, 5.41) is 14.8. The summed E-state index contributed by atoms with van der Waals surface area (Å²) in [5.74, 6) is 0.859. The van der Waals surface area contributed by atoms with Gasteiger partial charge >= 0.3 is 0 Å². The molecular formula is C20H13N3O3S. The van der Waals surface area contributed by atoms with Gasteiger partial charge in [-0.15, -0.1) is 11.3 Å². The lowest BCUT2D eigenvalue weighted by Crippen LogP contribution is -2.20. The number of carbonyl (C=O) groups is 1. The molecule has 0 spiro atoms. The van der Waals surface area contributed by atoms with Crippen LogP contribution >= 0.6 is 11.3 Å². The number of ether oxygens (including phenoxy) is 1. The van der Waals surface area contributed by atoms with Gasteiger partial charge < -0.3 is 9.15 Å². The number of para-hydroxylation sites is 1. The number of amides is 1. The molecule has 0 unspecified atom stereocenters. The Labute approximate surface area is 158 Å². The minimum absolute atomic E-state index is 0.147. The molecule has 0 saturated heterocycles. The molecule has 132 valence electrons. The predicted octanol–water partition coefficient (Wildman–Crippen LogP) is 4.45. The molecular weight excluding hydrogens is 362 g/mol. The van der Waals surface area contributed by atoms with E-state index in [4.69, 9.17) is 14.4 Å². The minimum Gasteiger partial charge on any atom is -0.484 e. The van der Waals surface area contributed by atoms with Crippen molar-refractivity contribution >= 4 is 33.3 Å². The fourth-order valence-corrected chi connectivity index (χ4v) is 3.20. The van der Waals surface area contributed by atoms with Gasteiger partial charge in [-0.25, -0.2) is 4.98 Å². The molecule has 1 N–H and O–H groups in total. The third-order valence-corrected chi connectivity index (χ3v) is 4.54. The number of thiazole rings is 1. The zero-order chi connectivity index (χ0) is 18.6. The lowest BCUT2D eigenvalue weighted by Gasteiger charge is -2.05. The van der Waals surface area contributed by atoms with E-state index in [2.05, 4.69) is 10.3 Å². The van der Waals surface area contributed by atoms with E-state index in [9.17, 15) is 4.79 Å². The molecule has 0 fully saturated rings. The van der Waals surface area contributed by atoms with Crippen molar-refractivity contribution in [3.05, 3.63) is 65.5 Å². The largest absolute Gasteiger partial charge is 0.484 e. The number of carbonyl (C=O) groups excluding carboxylic acids is 1. The number of nitrogens with one attached hydrogen (secondary N) is 1. The summed E-state index contributed by atoms with van der Waals surface area (Å²) in [6, 6.07) is 18.2. The maximum absolute atomic E-state index is 12.1. The summed E-state index contributed by atoms with van der Waals surface area (Å²) in [4.78, 5) is 16.4. The standard InChI is InChI=1S/C20H13N3O3S/c21-10-13-5-7-15(8-6-13)25-11-19(24)23-20-22-16(12-27-20)18-9-14-3-1-2-4-17(14)26-18/h1-9,12H,11H2,(H,22,23,24). The van der Waals surface area contributed by atoms with Gasteiger partial charge in [0.2, 0.25) is 0 Å². The average molecular weight is 375 g/mol. The van der Waals surface area contributed by atoms with E-state index in [1.807, 2.05) is 41.8 Å². The quantitative estimate of drug-likeness (QED) is 0.557. The third-order valence-electron chi connectivity index (χ3n) is 3.78. The Bertz CT molecular complexity index is 1110. The molecule has 0 aliphatic heterocycles. The Balaban J connectivity index is 1.38. The molecule has 4 aromatic rings. The van der Waals surface area contributed by atoms with Crippen molar-refractivity contribution in [2.45, 2.75) is 0 Å². The van der Waals surface area contributed by atoms with Crippen LogP contribution in [0.4, 0.5) is 5.13 Å². The predicted molar refractivity (Wildman–Crippen MR) is 103 cm³/mol.